The Labute approximate surface area is 117 Å². The van der Waals surface area contributed by atoms with Crippen molar-refractivity contribution in [2.24, 2.45) is 0 Å². The highest BCUT2D eigenvalue weighted by Crippen LogP contribution is 2.21. The number of hydrogen-bond acceptors (Lipinski definition) is 5. The third-order valence-electron chi connectivity index (χ3n) is 2.94. The molecule has 102 valence electrons. The number of aromatic nitrogens is 2. The average molecular weight is 277 g/mol. The van der Waals surface area contributed by atoms with Crippen molar-refractivity contribution in [3.8, 4) is 0 Å². The van der Waals surface area contributed by atoms with Crippen LogP contribution in [0.15, 0.2) is 23.0 Å². The van der Waals surface area contributed by atoms with Gasteiger partial charge in [0.15, 0.2) is 0 Å². The van der Waals surface area contributed by atoms with Gasteiger partial charge in [-0.2, -0.15) is 11.3 Å². The lowest BCUT2D eigenvalue weighted by molar-refractivity contribution is 0.276. The zero-order chi connectivity index (χ0) is 13.8. The summed E-state index contributed by atoms with van der Waals surface area (Å²) in [5.74, 6) is 1.04. The minimum absolute atomic E-state index is 0.0639. The zero-order valence-corrected chi connectivity index (χ0v) is 12.3. The summed E-state index contributed by atoms with van der Waals surface area (Å²) in [4.78, 5) is 10.9. The van der Waals surface area contributed by atoms with E-state index in [2.05, 4.69) is 31.7 Å². The second kappa shape index (κ2) is 6.12. The van der Waals surface area contributed by atoms with Crippen LogP contribution in [-0.2, 0) is 13.2 Å². The number of hydrogen-bond donors (Lipinski definition) is 1. The molecule has 0 spiro atoms. The Morgan fingerprint density at radius 3 is 2.79 bits per heavy atom. The van der Waals surface area contributed by atoms with Crippen LogP contribution in [0.1, 0.15) is 36.8 Å². The van der Waals surface area contributed by atoms with Crippen molar-refractivity contribution in [3.63, 3.8) is 0 Å². The first-order valence-electron chi connectivity index (χ1n) is 6.30. The second-order valence-corrected chi connectivity index (χ2v) is 5.64. The Morgan fingerprint density at radius 1 is 1.42 bits per heavy atom. The Hall–Kier alpha value is -1.46. The van der Waals surface area contributed by atoms with E-state index in [1.807, 2.05) is 20.9 Å². The first-order valence-corrected chi connectivity index (χ1v) is 7.25. The van der Waals surface area contributed by atoms with Gasteiger partial charge >= 0.3 is 0 Å². The van der Waals surface area contributed by atoms with Gasteiger partial charge in [-0.1, -0.05) is 13.8 Å². The highest BCUT2D eigenvalue weighted by atomic mass is 32.1. The Bertz CT molecular complexity index is 525. The average Bonchev–Trinajstić information content (AvgIpc) is 2.90. The van der Waals surface area contributed by atoms with E-state index in [0.29, 0.717) is 5.69 Å². The Balaban J connectivity index is 2.23. The van der Waals surface area contributed by atoms with Gasteiger partial charge in [-0.25, -0.2) is 9.97 Å². The summed E-state index contributed by atoms with van der Waals surface area (Å²) in [6.07, 6.45) is 1.81. The first-order chi connectivity index (χ1) is 9.11. The molecule has 0 bridgehead atoms. The van der Waals surface area contributed by atoms with Crippen LogP contribution in [-0.4, -0.2) is 22.1 Å². The van der Waals surface area contributed by atoms with Gasteiger partial charge in [0.05, 0.1) is 24.2 Å². The van der Waals surface area contributed by atoms with Gasteiger partial charge in [-0.05, 0) is 22.4 Å². The molecule has 0 amide bonds. The topological polar surface area (TPSA) is 49.2 Å². The molecule has 0 saturated carbocycles. The summed E-state index contributed by atoms with van der Waals surface area (Å²) >= 11 is 1.69. The van der Waals surface area contributed by atoms with Crippen molar-refractivity contribution < 1.29 is 5.11 Å². The summed E-state index contributed by atoms with van der Waals surface area (Å²) in [5, 5.41) is 13.7. The van der Waals surface area contributed by atoms with Gasteiger partial charge in [0.2, 0.25) is 0 Å². The van der Waals surface area contributed by atoms with Crippen LogP contribution < -0.4 is 4.90 Å². The predicted octanol–water partition coefficient (Wildman–Crippen LogP) is 2.79. The van der Waals surface area contributed by atoms with Gasteiger partial charge in [0, 0.05) is 19.5 Å². The number of aliphatic hydroxyl groups is 1. The molecule has 4 nitrogen and oxygen atoms in total. The van der Waals surface area contributed by atoms with Gasteiger partial charge in [-0.3, -0.25) is 0 Å². The summed E-state index contributed by atoms with van der Waals surface area (Å²) < 4.78 is 0. The van der Waals surface area contributed by atoms with E-state index in [1.54, 1.807) is 17.5 Å². The molecule has 0 saturated heterocycles. The number of anilines is 1. The third-order valence-corrected chi connectivity index (χ3v) is 3.67. The molecule has 0 atom stereocenters. The third kappa shape index (κ3) is 3.30. The second-order valence-electron chi connectivity index (χ2n) is 4.86. The van der Waals surface area contributed by atoms with Crippen molar-refractivity contribution in [3.05, 3.63) is 40.1 Å². The SMILES string of the molecule is CC(C)c1ncc(N(C)Cc2ccsc2)c(CO)n1. The largest absolute Gasteiger partial charge is 0.390 e. The molecule has 0 radical (unpaired) electrons. The van der Waals surface area contributed by atoms with Crippen molar-refractivity contribution in [2.75, 3.05) is 11.9 Å². The Morgan fingerprint density at radius 2 is 2.21 bits per heavy atom. The van der Waals surface area contributed by atoms with Crippen molar-refractivity contribution in [1.29, 1.82) is 0 Å². The van der Waals surface area contributed by atoms with Crippen LogP contribution in [0.2, 0.25) is 0 Å². The molecule has 5 heteroatoms. The van der Waals surface area contributed by atoms with Crippen LogP contribution in [0, 0.1) is 0 Å². The number of nitrogens with zero attached hydrogens (tertiary/aromatic N) is 3. The Kier molecular flexibility index (Phi) is 4.50. The standard InChI is InChI=1S/C14H19N3OS/c1-10(2)14-15-6-13(12(8-18)16-14)17(3)7-11-4-5-19-9-11/h4-6,9-10,18H,7-8H2,1-3H3. The highest BCUT2D eigenvalue weighted by molar-refractivity contribution is 7.07. The lowest BCUT2D eigenvalue weighted by atomic mass is 10.2. The van der Waals surface area contributed by atoms with Crippen molar-refractivity contribution in [1.82, 2.24) is 9.97 Å². The van der Waals surface area contributed by atoms with Gasteiger partial charge in [-0.15, -0.1) is 0 Å². The van der Waals surface area contributed by atoms with E-state index in [-0.39, 0.29) is 12.5 Å². The van der Waals surface area contributed by atoms with Crippen LogP contribution >= 0.6 is 11.3 Å². The fourth-order valence-corrected chi connectivity index (χ4v) is 2.54. The molecule has 19 heavy (non-hydrogen) atoms. The molecule has 1 N–H and O–H groups in total. The molecule has 2 rings (SSSR count). The minimum Gasteiger partial charge on any atom is -0.390 e. The monoisotopic (exact) mass is 277 g/mol. The lowest BCUT2D eigenvalue weighted by Gasteiger charge is -2.21. The van der Waals surface area contributed by atoms with E-state index in [4.69, 9.17) is 0 Å². The highest BCUT2D eigenvalue weighted by Gasteiger charge is 2.12. The molecule has 0 unspecified atom stereocenters. The molecule has 0 aliphatic heterocycles. The van der Waals surface area contributed by atoms with Gasteiger partial charge in [0.25, 0.3) is 0 Å². The lowest BCUT2D eigenvalue weighted by Crippen LogP contribution is -2.19. The molecular weight excluding hydrogens is 258 g/mol. The van der Waals surface area contributed by atoms with E-state index in [1.165, 1.54) is 5.56 Å². The van der Waals surface area contributed by atoms with Gasteiger partial charge in [0.1, 0.15) is 5.82 Å². The summed E-state index contributed by atoms with van der Waals surface area (Å²) in [6, 6.07) is 2.10. The fourth-order valence-electron chi connectivity index (χ4n) is 1.88. The molecule has 0 fully saturated rings. The van der Waals surface area contributed by atoms with E-state index in [9.17, 15) is 5.11 Å². The fraction of sp³-hybridized carbons (Fsp3) is 0.429. The van der Waals surface area contributed by atoms with Crippen LogP contribution in [0.4, 0.5) is 5.69 Å². The van der Waals surface area contributed by atoms with E-state index in [0.717, 1.165) is 18.1 Å². The van der Waals surface area contributed by atoms with Crippen LogP contribution in [0.3, 0.4) is 0 Å². The number of aliphatic hydroxyl groups excluding tert-OH is 1. The summed E-state index contributed by atoms with van der Waals surface area (Å²) in [5.41, 5.74) is 2.83. The number of rotatable bonds is 5. The normalized spacial score (nSPS) is 11.0. The van der Waals surface area contributed by atoms with E-state index >= 15 is 0 Å². The molecule has 0 aliphatic carbocycles. The minimum atomic E-state index is -0.0639. The summed E-state index contributed by atoms with van der Waals surface area (Å²) in [6.45, 7) is 4.82. The van der Waals surface area contributed by atoms with Crippen LogP contribution in [0.5, 0.6) is 0 Å². The molecule has 2 heterocycles. The van der Waals surface area contributed by atoms with Crippen LogP contribution in [0.25, 0.3) is 0 Å². The maximum atomic E-state index is 9.48. The quantitative estimate of drug-likeness (QED) is 0.913. The van der Waals surface area contributed by atoms with E-state index < -0.39 is 0 Å². The van der Waals surface area contributed by atoms with Crippen molar-refractivity contribution >= 4 is 17.0 Å². The smallest absolute Gasteiger partial charge is 0.131 e. The number of thiophene rings is 1. The van der Waals surface area contributed by atoms with Crippen molar-refractivity contribution in [2.45, 2.75) is 32.9 Å². The molecule has 0 aliphatic rings. The summed E-state index contributed by atoms with van der Waals surface area (Å²) in [7, 11) is 1.99. The van der Waals surface area contributed by atoms with Gasteiger partial charge < -0.3 is 10.0 Å². The molecular formula is C14H19N3OS. The first kappa shape index (κ1) is 14.0. The molecule has 0 aromatic carbocycles. The maximum Gasteiger partial charge on any atom is 0.131 e. The maximum absolute atomic E-state index is 9.48. The molecule has 2 aromatic heterocycles. The molecule has 2 aromatic rings. The predicted molar refractivity (Wildman–Crippen MR) is 78.5 cm³/mol. The zero-order valence-electron chi connectivity index (χ0n) is 11.5.